The van der Waals surface area contributed by atoms with E-state index in [1.54, 1.807) is 0 Å². The summed E-state index contributed by atoms with van der Waals surface area (Å²) in [5.74, 6) is 3.21. The number of carbonyl (C=O) groups is 1. The van der Waals surface area contributed by atoms with Crippen molar-refractivity contribution in [3.8, 4) is 12.3 Å². The lowest BCUT2D eigenvalue weighted by Crippen LogP contribution is -2.41. The van der Waals surface area contributed by atoms with Crippen LogP contribution in [0, 0.1) is 18.3 Å². The van der Waals surface area contributed by atoms with Gasteiger partial charge in [0.2, 0.25) is 5.91 Å². The summed E-state index contributed by atoms with van der Waals surface area (Å²) in [6, 6.07) is 9.33. The molecule has 22 heavy (non-hydrogen) atoms. The zero-order valence-corrected chi connectivity index (χ0v) is 13.5. The van der Waals surface area contributed by atoms with Crippen LogP contribution in [0.2, 0.25) is 0 Å². The molecule has 0 saturated carbocycles. The van der Waals surface area contributed by atoms with Crippen molar-refractivity contribution in [2.24, 2.45) is 5.92 Å². The Bertz CT molecular complexity index is 546. The molecule has 1 heterocycles. The molecule has 5 heteroatoms. The van der Waals surface area contributed by atoms with E-state index < -0.39 is 10.8 Å². The standard InChI is InChI=1S/C17H22N2O2S/c1-2-11-19-12-8-15(9-13-19)17(20)18-10-14-22(21)16-6-4-3-5-7-16/h1,3-7,15H,8-14H2,(H,18,20). The number of terminal acetylenes is 1. The Hall–Kier alpha value is -1.64. The monoisotopic (exact) mass is 318 g/mol. The lowest BCUT2D eigenvalue weighted by atomic mass is 9.96. The van der Waals surface area contributed by atoms with Crippen LogP contribution in [0.1, 0.15) is 12.8 Å². The first-order chi connectivity index (χ1) is 10.7. The molecule has 1 aromatic rings. The van der Waals surface area contributed by atoms with Crippen molar-refractivity contribution in [3.05, 3.63) is 30.3 Å². The molecular formula is C17H22N2O2S. The third kappa shape index (κ3) is 4.97. The third-order valence-electron chi connectivity index (χ3n) is 3.87. The van der Waals surface area contributed by atoms with Gasteiger partial charge in [-0.15, -0.1) is 6.42 Å². The first-order valence-electron chi connectivity index (χ1n) is 7.57. The van der Waals surface area contributed by atoms with E-state index >= 15 is 0 Å². The summed E-state index contributed by atoms with van der Waals surface area (Å²) in [6.45, 7) is 2.85. The van der Waals surface area contributed by atoms with Crippen LogP contribution in [-0.4, -0.2) is 46.9 Å². The molecule has 0 aliphatic carbocycles. The summed E-state index contributed by atoms with van der Waals surface area (Å²) in [5.41, 5.74) is 0. The molecule has 2 rings (SSSR count). The van der Waals surface area contributed by atoms with Gasteiger partial charge in [-0.25, -0.2) is 0 Å². The van der Waals surface area contributed by atoms with E-state index in [1.807, 2.05) is 30.3 Å². The van der Waals surface area contributed by atoms with Crippen LogP contribution in [0.3, 0.4) is 0 Å². The minimum Gasteiger partial charge on any atom is -0.355 e. The molecule has 118 valence electrons. The highest BCUT2D eigenvalue weighted by atomic mass is 32.2. The highest BCUT2D eigenvalue weighted by Gasteiger charge is 2.24. The Balaban J connectivity index is 1.68. The van der Waals surface area contributed by atoms with Crippen molar-refractivity contribution >= 4 is 16.7 Å². The third-order valence-corrected chi connectivity index (χ3v) is 5.24. The number of likely N-dealkylation sites (tertiary alicyclic amines) is 1. The van der Waals surface area contributed by atoms with Crippen LogP contribution < -0.4 is 5.32 Å². The molecular weight excluding hydrogens is 296 g/mol. The van der Waals surface area contributed by atoms with E-state index in [-0.39, 0.29) is 11.8 Å². The van der Waals surface area contributed by atoms with Crippen molar-refractivity contribution in [1.82, 2.24) is 10.2 Å². The number of rotatable bonds is 6. The van der Waals surface area contributed by atoms with Crippen molar-refractivity contribution in [2.75, 3.05) is 31.9 Å². The van der Waals surface area contributed by atoms with Gasteiger partial charge in [-0.05, 0) is 38.1 Å². The summed E-state index contributed by atoms with van der Waals surface area (Å²) in [7, 11) is -1.06. The predicted molar refractivity (Wildman–Crippen MR) is 88.7 cm³/mol. The molecule has 1 unspecified atom stereocenters. The van der Waals surface area contributed by atoms with Gasteiger partial charge in [0, 0.05) is 23.1 Å². The van der Waals surface area contributed by atoms with Gasteiger partial charge in [-0.3, -0.25) is 13.9 Å². The van der Waals surface area contributed by atoms with Crippen molar-refractivity contribution in [2.45, 2.75) is 17.7 Å². The fourth-order valence-corrected chi connectivity index (χ4v) is 3.57. The van der Waals surface area contributed by atoms with Crippen molar-refractivity contribution < 1.29 is 9.00 Å². The number of carbonyl (C=O) groups excluding carboxylic acids is 1. The summed E-state index contributed by atoms with van der Waals surface area (Å²) in [5, 5.41) is 2.91. The zero-order chi connectivity index (χ0) is 15.8. The molecule has 0 radical (unpaired) electrons. The number of benzene rings is 1. The van der Waals surface area contributed by atoms with E-state index in [0.717, 1.165) is 30.8 Å². The zero-order valence-electron chi connectivity index (χ0n) is 12.7. The van der Waals surface area contributed by atoms with Crippen molar-refractivity contribution in [3.63, 3.8) is 0 Å². The molecule has 1 atom stereocenters. The number of nitrogens with one attached hydrogen (secondary N) is 1. The molecule has 4 nitrogen and oxygen atoms in total. The predicted octanol–water partition coefficient (Wildman–Crippen LogP) is 1.26. The molecule has 0 spiro atoms. The first kappa shape index (κ1) is 16.7. The molecule has 1 aromatic carbocycles. The lowest BCUT2D eigenvalue weighted by Gasteiger charge is -2.29. The van der Waals surface area contributed by atoms with E-state index in [0.29, 0.717) is 18.8 Å². The Morgan fingerprint density at radius 1 is 1.32 bits per heavy atom. The second-order valence-electron chi connectivity index (χ2n) is 5.41. The topological polar surface area (TPSA) is 49.4 Å². The molecule has 1 aliphatic heterocycles. The van der Waals surface area contributed by atoms with Gasteiger partial charge in [0.05, 0.1) is 17.3 Å². The Kier molecular flexibility index (Phi) is 6.63. The minimum atomic E-state index is -1.06. The quantitative estimate of drug-likeness (QED) is 0.803. The molecule has 1 N–H and O–H groups in total. The first-order valence-corrected chi connectivity index (χ1v) is 8.89. The number of nitrogens with zero attached hydrogens (tertiary/aromatic N) is 1. The van der Waals surface area contributed by atoms with Gasteiger partial charge >= 0.3 is 0 Å². The molecule has 1 aliphatic rings. The number of piperidine rings is 1. The van der Waals surface area contributed by atoms with Crippen LogP contribution in [0.5, 0.6) is 0 Å². The maximum atomic E-state index is 12.1. The molecule has 0 aromatic heterocycles. The second-order valence-corrected chi connectivity index (χ2v) is 6.98. The highest BCUT2D eigenvalue weighted by Crippen LogP contribution is 2.16. The van der Waals surface area contributed by atoms with E-state index in [1.165, 1.54) is 0 Å². The van der Waals surface area contributed by atoms with E-state index in [9.17, 15) is 9.00 Å². The Morgan fingerprint density at radius 2 is 2.00 bits per heavy atom. The molecule has 1 saturated heterocycles. The summed E-state index contributed by atoms with van der Waals surface area (Å²) in [6.07, 6.45) is 6.98. The second kappa shape index (κ2) is 8.72. The Morgan fingerprint density at radius 3 is 2.64 bits per heavy atom. The minimum absolute atomic E-state index is 0.0548. The van der Waals surface area contributed by atoms with Crippen LogP contribution in [0.15, 0.2) is 35.2 Å². The van der Waals surface area contributed by atoms with Gasteiger partial charge in [0.1, 0.15) is 0 Å². The number of hydrogen-bond donors (Lipinski definition) is 1. The van der Waals surface area contributed by atoms with Gasteiger partial charge in [0.15, 0.2) is 0 Å². The largest absolute Gasteiger partial charge is 0.355 e. The fraction of sp³-hybridized carbons (Fsp3) is 0.471. The van der Waals surface area contributed by atoms with E-state index in [2.05, 4.69) is 16.1 Å². The molecule has 0 bridgehead atoms. The summed E-state index contributed by atoms with van der Waals surface area (Å²) < 4.78 is 12.1. The summed E-state index contributed by atoms with van der Waals surface area (Å²) in [4.78, 5) is 15.1. The fourth-order valence-electron chi connectivity index (χ4n) is 2.58. The van der Waals surface area contributed by atoms with Crippen LogP contribution in [0.25, 0.3) is 0 Å². The van der Waals surface area contributed by atoms with Crippen LogP contribution >= 0.6 is 0 Å². The van der Waals surface area contributed by atoms with Crippen LogP contribution in [-0.2, 0) is 15.6 Å². The van der Waals surface area contributed by atoms with Gasteiger partial charge < -0.3 is 5.32 Å². The molecule has 1 fully saturated rings. The van der Waals surface area contributed by atoms with E-state index in [4.69, 9.17) is 6.42 Å². The van der Waals surface area contributed by atoms with Crippen LogP contribution in [0.4, 0.5) is 0 Å². The smallest absolute Gasteiger partial charge is 0.223 e. The SMILES string of the molecule is C#CCN1CCC(C(=O)NCCS(=O)c2ccccc2)CC1. The summed E-state index contributed by atoms with van der Waals surface area (Å²) >= 11 is 0. The number of amides is 1. The average molecular weight is 318 g/mol. The van der Waals surface area contributed by atoms with Gasteiger partial charge in [0.25, 0.3) is 0 Å². The van der Waals surface area contributed by atoms with Gasteiger partial charge in [-0.1, -0.05) is 24.1 Å². The van der Waals surface area contributed by atoms with Crippen molar-refractivity contribution in [1.29, 1.82) is 0 Å². The number of hydrogen-bond acceptors (Lipinski definition) is 3. The Labute approximate surface area is 134 Å². The normalized spacial score (nSPS) is 17.6. The average Bonchev–Trinajstić information content (AvgIpc) is 2.56. The lowest BCUT2D eigenvalue weighted by molar-refractivity contribution is -0.126. The maximum absolute atomic E-state index is 12.1. The highest BCUT2D eigenvalue weighted by molar-refractivity contribution is 7.85. The van der Waals surface area contributed by atoms with Gasteiger partial charge in [-0.2, -0.15) is 0 Å². The molecule has 1 amide bonds. The maximum Gasteiger partial charge on any atom is 0.223 e.